The number of benzene rings is 2. The largest absolute Gasteiger partial charge is 0.497 e. The van der Waals surface area contributed by atoms with Gasteiger partial charge in [0.15, 0.2) is 5.78 Å². The Bertz CT molecular complexity index is 776. The summed E-state index contributed by atoms with van der Waals surface area (Å²) in [5.41, 5.74) is 2.64. The van der Waals surface area contributed by atoms with Crippen LogP contribution in [0.2, 0.25) is 0 Å². The summed E-state index contributed by atoms with van der Waals surface area (Å²) in [6.45, 7) is 4.85. The maximum atomic E-state index is 12.5. The molecule has 0 heterocycles. The molecule has 2 rings (SSSR count). The Morgan fingerprint density at radius 1 is 0.963 bits per heavy atom. The maximum Gasteiger partial charge on any atom is 0.185 e. The molecule has 0 atom stereocenters. The quantitative estimate of drug-likeness (QED) is 0.419. The standard InChI is InChI=1S/C23H28O4/c1-5-7-21-18(15-20(25-3)16-23(21)26-4)10-13-22(24)17-8-11-19(12-9-17)27-14-6-2/h8-13,15-16H,5-7,14H2,1-4H3/b13-10+. The molecule has 0 fully saturated rings. The summed E-state index contributed by atoms with van der Waals surface area (Å²) in [7, 11) is 3.27. The van der Waals surface area contributed by atoms with Crippen molar-refractivity contribution in [2.24, 2.45) is 0 Å². The number of methoxy groups -OCH3 is 2. The number of hydrogen-bond donors (Lipinski definition) is 0. The van der Waals surface area contributed by atoms with Gasteiger partial charge in [-0.15, -0.1) is 0 Å². The lowest BCUT2D eigenvalue weighted by Crippen LogP contribution is -1.99. The average Bonchev–Trinajstić information content (AvgIpc) is 2.71. The van der Waals surface area contributed by atoms with Crippen LogP contribution in [0.15, 0.2) is 42.5 Å². The lowest BCUT2D eigenvalue weighted by atomic mass is 10.00. The molecule has 0 aliphatic carbocycles. The van der Waals surface area contributed by atoms with Gasteiger partial charge < -0.3 is 14.2 Å². The highest BCUT2D eigenvalue weighted by Gasteiger charge is 2.11. The van der Waals surface area contributed by atoms with Crippen molar-refractivity contribution < 1.29 is 19.0 Å². The number of ketones is 1. The van der Waals surface area contributed by atoms with Crippen molar-refractivity contribution in [3.05, 3.63) is 59.2 Å². The molecule has 27 heavy (non-hydrogen) atoms. The van der Waals surface area contributed by atoms with Gasteiger partial charge in [-0.05, 0) is 54.8 Å². The first-order chi connectivity index (χ1) is 13.1. The van der Waals surface area contributed by atoms with Crippen molar-refractivity contribution in [1.82, 2.24) is 0 Å². The van der Waals surface area contributed by atoms with Crippen LogP contribution in [0, 0.1) is 0 Å². The molecule has 0 aliphatic rings. The third-order valence-electron chi connectivity index (χ3n) is 4.20. The molecule has 4 heteroatoms. The zero-order valence-corrected chi connectivity index (χ0v) is 16.6. The molecule has 0 saturated carbocycles. The minimum Gasteiger partial charge on any atom is -0.497 e. The Balaban J connectivity index is 2.24. The van der Waals surface area contributed by atoms with E-state index < -0.39 is 0 Å². The molecular weight excluding hydrogens is 340 g/mol. The molecule has 0 unspecified atom stereocenters. The van der Waals surface area contributed by atoms with E-state index in [4.69, 9.17) is 14.2 Å². The molecule has 0 radical (unpaired) electrons. The molecule has 4 nitrogen and oxygen atoms in total. The van der Waals surface area contributed by atoms with Crippen LogP contribution in [0.1, 0.15) is 48.2 Å². The highest BCUT2D eigenvalue weighted by molar-refractivity contribution is 6.07. The van der Waals surface area contributed by atoms with E-state index in [0.29, 0.717) is 17.9 Å². The van der Waals surface area contributed by atoms with Crippen molar-refractivity contribution in [1.29, 1.82) is 0 Å². The van der Waals surface area contributed by atoms with Crippen LogP contribution in [-0.4, -0.2) is 26.6 Å². The summed E-state index contributed by atoms with van der Waals surface area (Å²) in [4.78, 5) is 12.5. The number of allylic oxidation sites excluding steroid dienone is 1. The molecule has 0 spiro atoms. The van der Waals surface area contributed by atoms with E-state index in [2.05, 4.69) is 13.8 Å². The monoisotopic (exact) mass is 368 g/mol. The fourth-order valence-corrected chi connectivity index (χ4v) is 2.80. The van der Waals surface area contributed by atoms with Crippen LogP contribution in [0.5, 0.6) is 17.2 Å². The summed E-state index contributed by atoms with van der Waals surface area (Å²) in [6, 6.07) is 11.0. The molecule has 0 bridgehead atoms. The highest BCUT2D eigenvalue weighted by Crippen LogP contribution is 2.31. The topological polar surface area (TPSA) is 44.8 Å². The Kier molecular flexibility index (Phi) is 7.93. The second kappa shape index (κ2) is 10.4. The molecular formula is C23H28O4. The Morgan fingerprint density at radius 3 is 2.30 bits per heavy atom. The molecule has 0 amide bonds. The fraction of sp³-hybridized carbons (Fsp3) is 0.348. The lowest BCUT2D eigenvalue weighted by Gasteiger charge is -2.13. The summed E-state index contributed by atoms with van der Waals surface area (Å²) >= 11 is 0. The van der Waals surface area contributed by atoms with Crippen molar-refractivity contribution in [3.8, 4) is 17.2 Å². The lowest BCUT2D eigenvalue weighted by molar-refractivity contribution is 0.104. The van der Waals surface area contributed by atoms with Gasteiger partial charge in [0, 0.05) is 17.2 Å². The van der Waals surface area contributed by atoms with Gasteiger partial charge in [0.2, 0.25) is 0 Å². The summed E-state index contributed by atoms with van der Waals surface area (Å²) in [6.07, 6.45) is 6.23. The molecule has 0 saturated heterocycles. The van der Waals surface area contributed by atoms with Crippen LogP contribution in [0.25, 0.3) is 6.08 Å². The van der Waals surface area contributed by atoms with E-state index >= 15 is 0 Å². The molecule has 0 aliphatic heterocycles. The molecule has 2 aromatic carbocycles. The predicted octanol–water partition coefficient (Wildman–Crippen LogP) is 5.34. The van der Waals surface area contributed by atoms with E-state index in [1.165, 1.54) is 0 Å². The number of ether oxygens (including phenoxy) is 3. The smallest absolute Gasteiger partial charge is 0.185 e. The van der Waals surface area contributed by atoms with E-state index in [1.807, 2.05) is 30.3 Å². The highest BCUT2D eigenvalue weighted by atomic mass is 16.5. The summed E-state index contributed by atoms with van der Waals surface area (Å²) in [5.74, 6) is 2.21. The second-order valence-electron chi connectivity index (χ2n) is 6.22. The van der Waals surface area contributed by atoms with Gasteiger partial charge in [-0.25, -0.2) is 0 Å². The van der Waals surface area contributed by atoms with Crippen LogP contribution < -0.4 is 14.2 Å². The maximum absolute atomic E-state index is 12.5. The van der Waals surface area contributed by atoms with Gasteiger partial charge in [-0.2, -0.15) is 0 Å². The van der Waals surface area contributed by atoms with Crippen molar-refractivity contribution in [2.75, 3.05) is 20.8 Å². The predicted molar refractivity (Wildman–Crippen MR) is 109 cm³/mol. The SMILES string of the molecule is CCCOc1ccc(C(=O)/C=C/c2cc(OC)cc(OC)c2CCC)cc1. The first-order valence-corrected chi connectivity index (χ1v) is 9.33. The van der Waals surface area contributed by atoms with Gasteiger partial charge >= 0.3 is 0 Å². The number of carbonyl (C=O) groups is 1. The normalized spacial score (nSPS) is 10.8. The molecule has 144 valence electrons. The van der Waals surface area contributed by atoms with E-state index in [1.54, 1.807) is 32.4 Å². The minimum atomic E-state index is -0.0544. The Morgan fingerprint density at radius 2 is 1.70 bits per heavy atom. The van der Waals surface area contributed by atoms with Gasteiger partial charge in [0.05, 0.1) is 20.8 Å². The van der Waals surface area contributed by atoms with Crippen molar-refractivity contribution >= 4 is 11.9 Å². The number of carbonyl (C=O) groups excluding carboxylic acids is 1. The van der Waals surface area contributed by atoms with Crippen molar-refractivity contribution in [2.45, 2.75) is 33.1 Å². The first-order valence-electron chi connectivity index (χ1n) is 9.33. The molecule has 0 aromatic heterocycles. The zero-order chi connectivity index (χ0) is 19.6. The van der Waals surface area contributed by atoms with E-state index in [0.717, 1.165) is 41.9 Å². The second-order valence-corrected chi connectivity index (χ2v) is 6.22. The molecule has 2 aromatic rings. The van der Waals surface area contributed by atoms with Crippen LogP contribution >= 0.6 is 0 Å². The van der Waals surface area contributed by atoms with Gasteiger partial charge in [-0.1, -0.05) is 26.3 Å². The zero-order valence-electron chi connectivity index (χ0n) is 16.6. The van der Waals surface area contributed by atoms with E-state index in [9.17, 15) is 4.79 Å². The fourth-order valence-electron chi connectivity index (χ4n) is 2.80. The van der Waals surface area contributed by atoms with Crippen LogP contribution in [0.4, 0.5) is 0 Å². The third kappa shape index (κ3) is 5.61. The van der Waals surface area contributed by atoms with Gasteiger partial charge in [0.1, 0.15) is 17.2 Å². The Labute approximate surface area is 161 Å². The van der Waals surface area contributed by atoms with Crippen LogP contribution in [0.3, 0.4) is 0 Å². The first kappa shape index (κ1) is 20.6. The third-order valence-corrected chi connectivity index (χ3v) is 4.20. The summed E-state index contributed by atoms with van der Waals surface area (Å²) < 4.78 is 16.4. The van der Waals surface area contributed by atoms with E-state index in [-0.39, 0.29) is 5.78 Å². The number of hydrogen-bond acceptors (Lipinski definition) is 4. The van der Waals surface area contributed by atoms with Gasteiger partial charge in [0.25, 0.3) is 0 Å². The minimum absolute atomic E-state index is 0.0544. The average molecular weight is 368 g/mol. The molecule has 0 N–H and O–H groups in total. The summed E-state index contributed by atoms with van der Waals surface area (Å²) in [5, 5.41) is 0. The van der Waals surface area contributed by atoms with Gasteiger partial charge in [-0.3, -0.25) is 4.79 Å². The Hall–Kier alpha value is -2.75. The van der Waals surface area contributed by atoms with Crippen LogP contribution in [-0.2, 0) is 6.42 Å². The number of rotatable bonds is 10. The van der Waals surface area contributed by atoms with Crippen molar-refractivity contribution in [3.63, 3.8) is 0 Å².